The van der Waals surface area contributed by atoms with Gasteiger partial charge in [-0.15, -0.1) is 0 Å². The Morgan fingerprint density at radius 1 is 1.00 bits per heavy atom. The highest BCUT2D eigenvalue weighted by atomic mass is 16.5. The fraction of sp³-hybridized carbons (Fsp3) is 0.600. The molecule has 0 aromatic carbocycles. The van der Waals surface area contributed by atoms with Gasteiger partial charge in [0, 0.05) is 12.2 Å². The zero-order chi connectivity index (χ0) is 9.97. The number of hydrogen-bond donors (Lipinski definition) is 0. The second-order valence-electron chi connectivity index (χ2n) is 3.55. The van der Waals surface area contributed by atoms with Gasteiger partial charge in [-0.25, -0.2) is 9.98 Å². The number of rotatable bonds is 2. The highest BCUT2D eigenvalue weighted by Crippen LogP contribution is 2.07. The molecule has 0 fully saturated rings. The summed E-state index contributed by atoms with van der Waals surface area (Å²) in [4.78, 5) is 8.39. The van der Waals surface area contributed by atoms with Crippen LogP contribution in [0.3, 0.4) is 0 Å². The molecule has 0 aliphatic carbocycles. The minimum absolute atomic E-state index is 0.194. The van der Waals surface area contributed by atoms with E-state index < -0.39 is 0 Å². The largest absolute Gasteiger partial charge is 0.473 e. The van der Waals surface area contributed by atoms with Crippen LogP contribution >= 0.6 is 0 Å². The Balaban J connectivity index is 1.88. The Hall–Kier alpha value is -1.32. The first kappa shape index (κ1) is 9.24. The quantitative estimate of drug-likeness (QED) is 0.662. The lowest BCUT2D eigenvalue weighted by Crippen LogP contribution is -2.07. The van der Waals surface area contributed by atoms with Gasteiger partial charge in [0.1, 0.15) is 12.2 Å². The zero-order valence-corrected chi connectivity index (χ0v) is 8.43. The smallest absolute Gasteiger partial charge is 0.209 e. The molecule has 2 unspecified atom stereocenters. The lowest BCUT2D eigenvalue weighted by atomic mass is 10.4. The summed E-state index contributed by atoms with van der Waals surface area (Å²) >= 11 is 0. The molecule has 4 heteroatoms. The second-order valence-corrected chi connectivity index (χ2v) is 3.55. The van der Waals surface area contributed by atoms with Crippen LogP contribution in [0.4, 0.5) is 0 Å². The van der Waals surface area contributed by atoms with E-state index in [9.17, 15) is 0 Å². The Kier molecular flexibility index (Phi) is 2.52. The second kappa shape index (κ2) is 3.82. The first-order chi connectivity index (χ1) is 6.74. The van der Waals surface area contributed by atoms with Gasteiger partial charge < -0.3 is 9.47 Å². The maximum Gasteiger partial charge on any atom is 0.209 e. The van der Waals surface area contributed by atoms with Gasteiger partial charge in [-0.1, -0.05) is 0 Å². The molecule has 0 aromatic rings. The SMILES string of the molecule is CC1CN=C(C=CC2=NCC(C)O2)O1. The predicted octanol–water partition coefficient (Wildman–Crippen LogP) is 1.18. The Morgan fingerprint density at radius 3 is 1.71 bits per heavy atom. The summed E-state index contributed by atoms with van der Waals surface area (Å²) in [5.41, 5.74) is 0. The third-order valence-corrected chi connectivity index (χ3v) is 2.02. The van der Waals surface area contributed by atoms with Crippen molar-refractivity contribution in [2.75, 3.05) is 13.1 Å². The van der Waals surface area contributed by atoms with E-state index in [1.807, 2.05) is 13.8 Å². The van der Waals surface area contributed by atoms with Crippen LogP contribution in [0.25, 0.3) is 0 Å². The summed E-state index contributed by atoms with van der Waals surface area (Å²) in [6, 6.07) is 0. The molecule has 0 saturated heterocycles. The van der Waals surface area contributed by atoms with Gasteiger partial charge in [-0.3, -0.25) is 0 Å². The molecule has 2 rings (SSSR count). The molecule has 0 radical (unpaired) electrons. The molecule has 2 aliphatic heterocycles. The normalized spacial score (nSPS) is 31.3. The van der Waals surface area contributed by atoms with Crippen LogP contribution in [-0.4, -0.2) is 37.1 Å². The van der Waals surface area contributed by atoms with Crippen molar-refractivity contribution in [2.45, 2.75) is 26.1 Å². The molecule has 2 heterocycles. The van der Waals surface area contributed by atoms with E-state index in [1.54, 1.807) is 12.2 Å². The average molecular weight is 194 g/mol. The minimum atomic E-state index is 0.194. The molecule has 0 saturated carbocycles. The molecule has 0 N–H and O–H groups in total. The fourth-order valence-corrected chi connectivity index (χ4v) is 1.32. The van der Waals surface area contributed by atoms with Crippen LogP contribution in [-0.2, 0) is 9.47 Å². The highest BCUT2D eigenvalue weighted by Gasteiger charge is 2.14. The summed E-state index contributed by atoms with van der Waals surface area (Å²) in [5.74, 6) is 1.34. The first-order valence-electron chi connectivity index (χ1n) is 4.84. The van der Waals surface area contributed by atoms with Crippen molar-refractivity contribution in [2.24, 2.45) is 9.98 Å². The van der Waals surface area contributed by atoms with E-state index in [0.29, 0.717) is 11.8 Å². The van der Waals surface area contributed by atoms with Gasteiger partial charge in [0.2, 0.25) is 11.8 Å². The lowest BCUT2D eigenvalue weighted by molar-refractivity contribution is 0.245. The monoisotopic (exact) mass is 194 g/mol. The third-order valence-electron chi connectivity index (χ3n) is 2.02. The highest BCUT2D eigenvalue weighted by molar-refractivity contribution is 5.97. The van der Waals surface area contributed by atoms with Crippen molar-refractivity contribution in [1.82, 2.24) is 0 Å². The number of aliphatic imine (C=N–C) groups is 2. The molecular formula is C10H14N2O2. The zero-order valence-electron chi connectivity index (χ0n) is 8.43. The Morgan fingerprint density at radius 2 is 1.43 bits per heavy atom. The molecule has 0 aromatic heterocycles. The topological polar surface area (TPSA) is 43.2 Å². The van der Waals surface area contributed by atoms with E-state index >= 15 is 0 Å². The molecule has 4 nitrogen and oxygen atoms in total. The van der Waals surface area contributed by atoms with Crippen molar-refractivity contribution < 1.29 is 9.47 Å². The maximum absolute atomic E-state index is 5.40. The van der Waals surface area contributed by atoms with Crippen molar-refractivity contribution >= 4 is 11.8 Å². The van der Waals surface area contributed by atoms with Crippen LogP contribution in [0, 0.1) is 0 Å². The van der Waals surface area contributed by atoms with E-state index in [2.05, 4.69) is 9.98 Å². The predicted molar refractivity (Wildman–Crippen MR) is 54.8 cm³/mol. The van der Waals surface area contributed by atoms with Crippen LogP contribution in [0.15, 0.2) is 22.1 Å². The number of hydrogen-bond acceptors (Lipinski definition) is 4. The van der Waals surface area contributed by atoms with Gasteiger partial charge in [0.05, 0.1) is 13.1 Å². The van der Waals surface area contributed by atoms with E-state index in [4.69, 9.17) is 9.47 Å². The van der Waals surface area contributed by atoms with Crippen LogP contribution in [0.2, 0.25) is 0 Å². The molecule has 76 valence electrons. The Bertz CT molecular complexity index is 277. The fourth-order valence-electron chi connectivity index (χ4n) is 1.32. The summed E-state index contributed by atoms with van der Waals surface area (Å²) in [6.07, 6.45) is 4.00. The van der Waals surface area contributed by atoms with Crippen molar-refractivity contribution in [1.29, 1.82) is 0 Å². The van der Waals surface area contributed by atoms with Crippen LogP contribution in [0.1, 0.15) is 13.8 Å². The van der Waals surface area contributed by atoms with E-state index in [-0.39, 0.29) is 12.2 Å². The summed E-state index contributed by atoms with van der Waals surface area (Å²) in [7, 11) is 0. The van der Waals surface area contributed by atoms with Crippen molar-refractivity contribution in [3.8, 4) is 0 Å². The summed E-state index contributed by atoms with van der Waals surface area (Å²) < 4.78 is 10.8. The number of nitrogens with zero attached hydrogens (tertiary/aromatic N) is 2. The summed E-state index contributed by atoms with van der Waals surface area (Å²) in [5, 5.41) is 0. The Labute approximate surface area is 83.3 Å². The molecular weight excluding hydrogens is 180 g/mol. The molecule has 2 atom stereocenters. The molecule has 0 amide bonds. The molecule has 0 bridgehead atoms. The van der Waals surface area contributed by atoms with Crippen LogP contribution < -0.4 is 0 Å². The third kappa shape index (κ3) is 2.13. The summed E-state index contributed by atoms with van der Waals surface area (Å²) in [6.45, 7) is 5.47. The van der Waals surface area contributed by atoms with Gasteiger partial charge in [0.25, 0.3) is 0 Å². The molecule has 2 aliphatic rings. The molecule has 0 spiro atoms. The van der Waals surface area contributed by atoms with E-state index in [1.165, 1.54) is 0 Å². The minimum Gasteiger partial charge on any atom is -0.473 e. The van der Waals surface area contributed by atoms with Crippen molar-refractivity contribution in [3.63, 3.8) is 0 Å². The molecule has 14 heavy (non-hydrogen) atoms. The van der Waals surface area contributed by atoms with E-state index in [0.717, 1.165) is 13.1 Å². The van der Waals surface area contributed by atoms with Crippen LogP contribution in [0.5, 0.6) is 0 Å². The van der Waals surface area contributed by atoms with Gasteiger partial charge in [-0.2, -0.15) is 0 Å². The lowest BCUT2D eigenvalue weighted by Gasteiger charge is -2.02. The van der Waals surface area contributed by atoms with Gasteiger partial charge in [0.15, 0.2) is 0 Å². The first-order valence-corrected chi connectivity index (χ1v) is 4.84. The van der Waals surface area contributed by atoms with Crippen molar-refractivity contribution in [3.05, 3.63) is 12.2 Å². The standard InChI is InChI=1S/C10H14N2O2/c1-7-5-11-9(13-7)3-4-10-12-6-8(2)14-10/h3-4,7-8H,5-6H2,1-2H3. The van der Waals surface area contributed by atoms with Gasteiger partial charge in [-0.05, 0) is 13.8 Å². The average Bonchev–Trinajstić information content (AvgIpc) is 2.72. The maximum atomic E-state index is 5.40. The number of ether oxygens (including phenoxy) is 2. The van der Waals surface area contributed by atoms with Gasteiger partial charge >= 0.3 is 0 Å².